The first-order valence-electron chi connectivity index (χ1n) is 7.78. The minimum absolute atomic E-state index is 0.0816. The summed E-state index contributed by atoms with van der Waals surface area (Å²) >= 11 is 0. The van der Waals surface area contributed by atoms with Gasteiger partial charge in [-0.05, 0) is 36.8 Å². The molecule has 1 heterocycles. The molecule has 0 spiro atoms. The van der Waals surface area contributed by atoms with Crippen molar-refractivity contribution in [2.24, 2.45) is 0 Å². The van der Waals surface area contributed by atoms with Crippen LogP contribution in [0.4, 0.5) is 5.69 Å². The van der Waals surface area contributed by atoms with Crippen molar-refractivity contribution < 1.29 is 0 Å². The molecule has 1 fully saturated rings. The average molecular weight is 282 g/mol. The molecule has 3 nitrogen and oxygen atoms in total. The van der Waals surface area contributed by atoms with Gasteiger partial charge < -0.3 is 9.88 Å². The number of rotatable bonds is 5. The first-order valence-corrected chi connectivity index (χ1v) is 7.78. The van der Waals surface area contributed by atoms with E-state index in [1.807, 2.05) is 12.3 Å². The highest BCUT2D eigenvalue weighted by atomic mass is 16.1. The van der Waals surface area contributed by atoms with Crippen LogP contribution in [-0.4, -0.2) is 10.6 Å². The van der Waals surface area contributed by atoms with Crippen LogP contribution in [0.15, 0.2) is 53.5 Å². The van der Waals surface area contributed by atoms with Crippen LogP contribution in [0.1, 0.15) is 37.7 Å². The number of anilines is 1. The third-order valence-corrected chi connectivity index (χ3v) is 4.23. The van der Waals surface area contributed by atoms with Crippen LogP contribution in [0.5, 0.6) is 0 Å². The van der Waals surface area contributed by atoms with Crippen molar-refractivity contribution in [2.75, 3.05) is 5.32 Å². The van der Waals surface area contributed by atoms with E-state index in [1.165, 1.54) is 5.56 Å². The predicted octanol–water partition coefficient (Wildman–Crippen LogP) is 3.62. The number of nitrogens with one attached hydrogen (secondary N) is 1. The predicted molar refractivity (Wildman–Crippen MR) is 86.8 cm³/mol. The van der Waals surface area contributed by atoms with E-state index >= 15 is 0 Å². The van der Waals surface area contributed by atoms with Crippen molar-refractivity contribution in [2.45, 2.75) is 44.7 Å². The Balaban J connectivity index is 1.59. The van der Waals surface area contributed by atoms with Crippen LogP contribution in [0.2, 0.25) is 0 Å². The third kappa shape index (κ3) is 3.18. The quantitative estimate of drug-likeness (QED) is 0.909. The maximum atomic E-state index is 11.7. The van der Waals surface area contributed by atoms with Gasteiger partial charge in [-0.25, -0.2) is 0 Å². The summed E-state index contributed by atoms with van der Waals surface area (Å²) < 4.78 is 1.79. The van der Waals surface area contributed by atoms with Crippen molar-refractivity contribution in [3.63, 3.8) is 0 Å². The Morgan fingerprint density at radius 2 is 1.90 bits per heavy atom. The number of hydrogen-bond acceptors (Lipinski definition) is 2. The minimum atomic E-state index is 0.0816. The summed E-state index contributed by atoms with van der Waals surface area (Å²) in [4.78, 5) is 11.7. The SMILES string of the molecule is CCCn1cc(NC2CC(c3ccccc3)C2)ccc1=O. The Hall–Kier alpha value is -2.03. The molecule has 110 valence electrons. The summed E-state index contributed by atoms with van der Waals surface area (Å²) in [6, 6.07) is 14.8. The normalized spacial score (nSPS) is 20.8. The maximum absolute atomic E-state index is 11.7. The number of aromatic nitrogens is 1. The van der Waals surface area contributed by atoms with Crippen molar-refractivity contribution in [1.82, 2.24) is 4.57 Å². The molecule has 3 heteroatoms. The first kappa shape index (κ1) is 13.9. The second-order valence-electron chi connectivity index (χ2n) is 5.87. The Morgan fingerprint density at radius 3 is 2.62 bits per heavy atom. The van der Waals surface area contributed by atoms with Gasteiger partial charge in [-0.1, -0.05) is 37.3 Å². The van der Waals surface area contributed by atoms with Crippen LogP contribution in [0, 0.1) is 0 Å². The molecule has 0 atom stereocenters. The molecular formula is C18H22N2O. The van der Waals surface area contributed by atoms with Gasteiger partial charge in [0.25, 0.3) is 5.56 Å². The van der Waals surface area contributed by atoms with Gasteiger partial charge in [-0.15, -0.1) is 0 Å². The van der Waals surface area contributed by atoms with E-state index in [4.69, 9.17) is 0 Å². The van der Waals surface area contributed by atoms with Gasteiger partial charge in [0.1, 0.15) is 0 Å². The Morgan fingerprint density at radius 1 is 1.14 bits per heavy atom. The van der Waals surface area contributed by atoms with Gasteiger partial charge in [0.15, 0.2) is 0 Å². The molecule has 1 saturated carbocycles. The first-order chi connectivity index (χ1) is 10.3. The molecule has 0 radical (unpaired) electrons. The highest BCUT2D eigenvalue weighted by Crippen LogP contribution is 2.38. The molecule has 0 saturated heterocycles. The van der Waals surface area contributed by atoms with Gasteiger partial charge >= 0.3 is 0 Å². The zero-order valence-electron chi connectivity index (χ0n) is 12.5. The third-order valence-electron chi connectivity index (χ3n) is 4.23. The largest absolute Gasteiger partial charge is 0.381 e. The molecule has 1 aliphatic rings. The smallest absolute Gasteiger partial charge is 0.250 e. The Labute approximate surface area is 125 Å². The molecule has 2 aromatic rings. The summed E-state index contributed by atoms with van der Waals surface area (Å²) in [7, 11) is 0. The lowest BCUT2D eigenvalue weighted by atomic mass is 9.76. The molecule has 1 N–H and O–H groups in total. The van der Waals surface area contributed by atoms with Crippen LogP contribution in [-0.2, 0) is 6.54 Å². The van der Waals surface area contributed by atoms with Crippen LogP contribution >= 0.6 is 0 Å². The lowest BCUT2D eigenvalue weighted by Gasteiger charge is -2.37. The highest BCUT2D eigenvalue weighted by Gasteiger charge is 2.29. The van der Waals surface area contributed by atoms with Gasteiger partial charge in [0, 0.05) is 24.8 Å². The van der Waals surface area contributed by atoms with Crippen LogP contribution in [0.25, 0.3) is 0 Å². The molecule has 1 aliphatic carbocycles. The topological polar surface area (TPSA) is 34.0 Å². The number of benzene rings is 1. The molecule has 0 amide bonds. The molecule has 21 heavy (non-hydrogen) atoms. The van der Waals surface area contributed by atoms with Crippen molar-refractivity contribution >= 4 is 5.69 Å². The maximum Gasteiger partial charge on any atom is 0.250 e. The average Bonchev–Trinajstić information content (AvgIpc) is 2.47. The van der Waals surface area contributed by atoms with E-state index in [0.717, 1.165) is 31.5 Å². The molecule has 0 aliphatic heterocycles. The summed E-state index contributed by atoms with van der Waals surface area (Å²) in [5.41, 5.74) is 2.57. The second kappa shape index (κ2) is 6.17. The van der Waals surface area contributed by atoms with E-state index in [2.05, 4.69) is 42.6 Å². The fourth-order valence-corrected chi connectivity index (χ4v) is 3.00. The van der Waals surface area contributed by atoms with E-state index in [0.29, 0.717) is 12.0 Å². The molecule has 0 bridgehead atoms. The highest BCUT2D eigenvalue weighted by molar-refractivity contribution is 5.42. The molecular weight excluding hydrogens is 260 g/mol. The molecule has 1 aromatic carbocycles. The number of hydrogen-bond donors (Lipinski definition) is 1. The lowest BCUT2D eigenvalue weighted by Crippen LogP contribution is -2.34. The fourth-order valence-electron chi connectivity index (χ4n) is 3.00. The van der Waals surface area contributed by atoms with E-state index < -0.39 is 0 Å². The second-order valence-corrected chi connectivity index (χ2v) is 5.87. The van der Waals surface area contributed by atoms with Crippen LogP contribution < -0.4 is 10.9 Å². The number of pyridine rings is 1. The van der Waals surface area contributed by atoms with Crippen molar-refractivity contribution in [3.8, 4) is 0 Å². The molecule has 1 aromatic heterocycles. The monoisotopic (exact) mass is 282 g/mol. The van der Waals surface area contributed by atoms with Gasteiger partial charge in [0.05, 0.1) is 5.69 Å². The van der Waals surface area contributed by atoms with Crippen molar-refractivity contribution in [1.29, 1.82) is 0 Å². The van der Waals surface area contributed by atoms with E-state index in [9.17, 15) is 4.79 Å². The van der Waals surface area contributed by atoms with Gasteiger partial charge in [-0.2, -0.15) is 0 Å². The van der Waals surface area contributed by atoms with E-state index in [-0.39, 0.29) is 5.56 Å². The van der Waals surface area contributed by atoms with Gasteiger partial charge in [-0.3, -0.25) is 4.79 Å². The summed E-state index contributed by atoms with van der Waals surface area (Å²) in [5.74, 6) is 0.672. The minimum Gasteiger partial charge on any atom is -0.381 e. The number of aryl methyl sites for hydroxylation is 1. The van der Waals surface area contributed by atoms with Crippen molar-refractivity contribution in [3.05, 3.63) is 64.6 Å². The summed E-state index contributed by atoms with van der Waals surface area (Å²) in [6.07, 6.45) is 5.25. The zero-order chi connectivity index (χ0) is 14.7. The van der Waals surface area contributed by atoms with E-state index in [1.54, 1.807) is 10.6 Å². The standard InChI is InChI=1S/C18H22N2O/c1-2-10-20-13-16(8-9-18(20)21)19-17-11-15(12-17)14-6-4-3-5-7-14/h3-9,13,15,17,19H,2,10-12H2,1H3. The summed E-state index contributed by atoms with van der Waals surface area (Å²) in [5, 5.41) is 3.54. The number of nitrogens with zero attached hydrogens (tertiary/aromatic N) is 1. The lowest BCUT2D eigenvalue weighted by molar-refractivity contribution is 0.374. The van der Waals surface area contributed by atoms with Gasteiger partial charge in [0.2, 0.25) is 0 Å². The fraction of sp³-hybridized carbons (Fsp3) is 0.389. The Kier molecular flexibility index (Phi) is 4.09. The summed E-state index contributed by atoms with van der Waals surface area (Å²) in [6.45, 7) is 2.87. The zero-order valence-corrected chi connectivity index (χ0v) is 12.5. The Bertz CT molecular complexity index is 642. The molecule has 0 unspecified atom stereocenters. The van der Waals surface area contributed by atoms with Crippen LogP contribution in [0.3, 0.4) is 0 Å². The molecule has 3 rings (SSSR count).